The molecule has 0 bridgehead atoms. The van der Waals surface area contributed by atoms with Crippen molar-refractivity contribution in [3.05, 3.63) is 40.2 Å². The first kappa shape index (κ1) is 23.1. The average Bonchev–Trinajstić information content (AvgIpc) is 3.31. The van der Waals surface area contributed by atoms with Crippen LogP contribution in [0.3, 0.4) is 0 Å². The largest absolute Gasteiger partial charge is 0.384 e. The quantitative estimate of drug-likeness (QED) is 0.505. The molecule has 1 fully saturated rings. The number of rotatable bonds is 8. The SMILES string of the molecule is CC(C)c1ccc(F)c(C(C)C)c1NCNS(=O)(=O)c1ncc(C2(O)CCCC2)s1. The van der Waals surface area contributed by atoms with Gasteiger partial charge in [-0.3, -0.25) is 0 Å². The Bertz CT molecular complexity index is 997. The molecular weight excluding hydrogens is 425 g/mol. The molecule has 1 aromatic heterocycles. The smallest absolute Gasteiger partial charge is 0.269 e. The zero-order valence-electron chi connectivity index (χ0n) is 17.8. The number of hydrogen-bond donors (Lipinski definition) is 3. The molecule has 166 valence electrons. The molecule has 3 N–H and O–H groups in total. The third-order valence-corrected chi connectivity index (χ3v) is 8.54. The third kappa shape index (κ3) is 4.69. The van der Waals surface area contributed by atoms with Gasteiger partial charge in [0.15, 0.2) is 0 Å². The maximum Gasteiger partial charge on any atom is 0.269 e. The fraction of sp³-hybridized carbons (Fsp3) is 0.571. The number of thiazole rings is 1. The van der Waals surface area contributed by atoms with Crippen LogP contribution in [-0.2, 0) is 15.6 Å². The van der Waals surface area contributed by atoms with Crippen LogP contribution in [0.25, 0.3) is 0 Å². The van der Waals surface area contributed by atoms with Crippen LogP contribution in [0.15, 0.2) is 22.7 Å². The summed E-state index contributed by atoms with van der Waals surface area (Å²) in [4.78, 5) is 4.62. The van der Waals surface area contributed by atoms with E-state index in [1.807, 2.05) is 27.7 Å². The summed E-state index contributed by atoms with van der Waals surface area (Å²) in [6.45, 7) is 7.74. The zero-order chi connectivity index (χ0) is 22.1. The normalized spacial score (nSPS) is 16.5. The summed E-state index contributed by atoms with van der Waals surface area (Å²) in [6, 6.07) is 3.20. The predicted molar refractivity (Wildman–Crippen MR) is 118 cm³/mol. The van der Waals surface area contributed by atoms with Crippen molar-refractivity contribution in [3.63, 3.8) is 0 Å². The zero-order valence-corrected chi connectivity index (χ0v) is 19.5. The molecule has 6 nitrogen and oxygen atoms in total. The Hall–Kier alpha value is -1.55. The molecule has 0 saturated heterocycles. The molecular formula is C21H30FN3O3S2. The minimum Gasteiger partial charge on any atom is -0.384 e. The van der Waals surface area contributed by atoms with Crippen molar-refractivity contribution in [1.29, 1.82) is 0 Å². The van der Waals surface area contributed by atoms with Crippen LogP contribution in [-0.4, -0.2) is 25.2 Å². The lowest BCUT2D eigenvalue weighted by atomic mass is 9.92. The van der Waals surface area contributed by atoms with Gasteiger partial charge in [-0.2, -0.15) is 4.72 Å². The van der Waals surface area contributed by atoms with Crippen LogP contribution in [0.4, 0.5) is 10.1 Å². The molecule has 2 aromatic rings. The van der Waals surface area contributed by atoms with E-state index in [0.29, 0.717) is 29.0 Å². The van der Waals surface area contributed by atoms with Gasteiger partial charge in [-0.15, -0.1) is 11.3 Å². The van der Waals surface area contributed by atoms with E-state index in [4.69, 9.17) is 0 Å². The van der Waals surface area contributed by atoms with E-state index >= 15 is 0 Å². The van der Waals surface area contributed by atoms with Crippen LogP contribution in [0, 0.1) is 5.82 Å². The summed E-state index contributed by atoms with van der Waals surface area (Å²) in [5.74, 6) is -0.221. The Labute approximate surface area is 182 Å². The average molecular weight is 456 g/mol. The maximum atomic E-state index is 14.4. The predicted octanol–water partition coefficient (Wildman–Crippen LogP) is 4.64. The number of hydrogen-bond acceptors (Lipinski definition) is 6. The van der Waals surface area contributed by atoms with E-state index in [-0.39, 0.29) is 28.7 Å². The van der Waals surface area contributed by atoms with Crippen molar-refractivity contribution in [2.24, 2.45) is 0 Å². The lowest BCUT2D eigenvalue weighted by Crippen LogP contribution is -2.30. The number of nitrogens with zero attached hydrogens (tertiary/aromatic N) is 1. The molecule has 1 aliphatic carbocycles. The lowest BCUT2D eigenvalue weighted by molar-refractivity contribution is 0.0481. The fourth-order valence-corrected chi connectivity index (χ4v) is 6.19. The van der Waals surface area contributed by atoms with Crippen molar-refractivity contribution in [2.45, 2.75) is 75.2 Å². The lowest BCUT2D eigenvalue weighted by Gasteiger charge is -2.21. The molecule has 0 atom stereocenters. The fourth-order valence-electron chi connectivity index (χ4n) is 3.94. The molecule has 1 saturated carbocycles. The van der Waals surface area contributed by atoms with Crippen molar-refractivity contribution in [2.75, 3.05) is 12.0 Å². The summed E-state index contributed by atoms with van der Waals surface area (Å²) < 4.78 is 42.3. The summed E-state index contributed by atoms with van der Waals surface area (Å²) >= 11 is 1.00. The minimum absolute atomic E-state index is 0.0588. The van der Waals surface area contributed by atoms with Gasteiger partial charge in [0.05, 0.1) is 11.5 Å². The summed E-state index contributed by atoms with van der Waals surface area (Å²) in [5.41, 5.74) is 1.13. The van der Waals surface area contributed by atoms with Crippen LogP contribution in [0.2, 0.25) is 0 Å². The molecule has 0 spiro atoms. The Morgan fingerprint density at radius 3 is 2.47 bits per heavy atom. The molecule has 1 aromatic carbocycles. The first-order valence-corrected chi connectivity index (χ1v) is 12.6. The number of aromatic nitrogens is 1. The monoisotopic (exact) mass is 455 g/mol. The van der Waals surface area contributed by atoms with Crippen LogP contribution < -0.4 is 10.0 Å². The summed E-state index contributed by atoms with van der Waals surface area (Å²) in [6.07, 6.45) is 4.54. The molecule has 0 aliphatic heterocycles. The Morgan fingerprint density at radius 2 is 1.87 bits per heavy atom. The number of nitrogens with one attached hydrogen (secondary N) is 2. The standard InChI is InChI=1S/C21H30FN3O3S2/c1-13(2)15-7-8-16(22)18(14(3)4)19(15)24-12-25-30(27,28)20-23-11-17(29-20)21(26)9-5-6-10-21/h7-8,11,13-14,24-26H,5-6,9-10,12H2,1-4H3. The maximum absolute atomic E-state index is 14.4. The molecule has 1 heterocycles. The number of aliphatic hydroxyl groups is 1. The molecule has 0 unspecified atom stereocenters. The van der Waals surface area contributed by atoms with E-state index < -0.39 is 15.6 Å². The highest BCUT2D eigenvalue weighted by Crippen LogP contribution is 2.41. The van der Waals surface area contributed by atoms with Gasteiger partial charge in [0.2, 0.25) is 4.34 Å². The van der Waals surface area contributed by atoms with E-state index in [0.717, 1.165) is 29.7 Å². The van der Waals surface area contributed by atoms with Gasteiger partial charge in [-0.05, 0) is 36.3 Å². The van der Waals surface area contributed by atoms with Gasteiger partial charge in [0.25, 0.3) is 10.0 Å². The van der Waals surface area contributed by atoms with Crippen LogP contribution >= 0.6 is 11.3 Å². The first-order chi connectivity index (χ1) is 14.0. The molecule has 0 amide bonds. The van der Waals surface area contributed by atoms with E-state index in [2.05, 4.69) is 15.0 Å². The molecule has 9 heteroatoms. The Morgan fingerprint density at radius 1 is 1.20 bits per heavy atom. The van der Waals surface area contributed by atoms with Crippen LogP contribution in [0.1, 0.15) is 81.2 Å². The molecule has 1 aliphatic rings. The third-order valence-electron chi connectivity index (χ3n) is 5.55. The molecule has 0 radical (unpaired) electrons. The van der Waals surface area contributed by atoms with Crippen LogP contribution in [0.5, 0.6) is 0 Å². The Balaban J connectivity index is 1.77. The number of halogens is 1. The molecule has 3 rings (SSSR count). The van der Waals surface area contributed by atoms with E-state index in [9.17, 15) is 17.9 Å². The Kier molecular flexibility index (Phi) is 6.86. The number of benzene rings is 1. The van der Waals surface area contributed by atoms with Crippen molar-refractivity contribution in [3.8, 4) is 0 Å². The summed E-state index contributed by atoms with van der Waals surface area (Å²) in [7, 11) is -3.85. The highest BCUT2D eigenvalue weighted by Gasteiger charge is 2.36. The van der Waals surface area contributed by atoms with E-state index in [1.54, 1.807) is 6.07 Å². The van der Waals surface area contributed by atoms with Gasteiger partial charge in [-0.25, -0.2) is 17.8 Å². The molecule has 30 heavy (non-hydrogen) atoms. The van der Waals surface area contributed by atoms with Gasteiger partial charge >= 0.3 is 0 Å². The van der Waals surface area contributed by atoms with Gasteiger partial charge in [0.1, 0.15) is 11.4 Å². The number of sulfonamides is 1. The minimum atomic E-state index is -3.85. The second-order valence-corrected chi connectivity index (χ2v) is 11.4. The van der Waals surface area contributed by atoms with Crippen molar-refractivity contribution in [1.82, 2.24) is 9.71 Å². The highest BCUT2D eigenvalue weighted by atomic mass is 32.2. The first-order valence-electron chi connectivity index (χ1n) is 10.3. The van der Waals surface area contributed by atoms with E-state index in [1.165, 1.54) is 12.3 Å². The van der Waals surface area contributed by atoms with Gasteiger partial charge in [0, 0.05) is 17.4 Å². The van der Waals surface area contributed by atoms with Gasteiger partial charge in [-0.1, -0.05) is 46.6 Å². The van der Waals surface area contributed by atoms with Gasteiger partial charge < -0.3 is 10.4 Å². The van der Waals surface area contributed by atoms with Crippen molar-refractivity contribution < 1.29 is 17.9 Å². The highest BCUT2D eigenvalue weighted by molar-refractivity contribution is 7.91. The topological polar surface area (TPSA) is 91.3 Å². The van der Waals surface area contributed by atoms with Crippen molar-refractivity contribution >= 4 is 27.0 Å². The second kappa shape index (κ2) is 8.90. The second-order valence-electron chi connectivity index (χ2n) is 8.47. The number of anilines is 1. The summed E-state index contributed by atoms with van der Waals surface area (Å²) in [5, 5.41) is 13.7.